The van der Waals surface area contributed by atoms with Gasteiger partial charge in [-0.25, -0.2) is 4.98 Å². The van der Waals surface area contributed by atoms with Gasteiger partial charge in [0.25, 0.3) is 5.91 Å². The van der Waals surface area contributed by atoms with Crippen LogP contribution in [0.25, 0.3) is 11.0 Å². The van der Waals surface area contributed by atoms with Crippen molar-refractivity contribution < 1.29 is 9.53 Å². The fourth-order valence-corrected chi connectivity index (χ4v) is 3.93. The highest BCUT2D eigenvalue weighted by Crippen LogP contribution is 2.26. The van der Waals surface area contributed by atoms with Crippen molar-refractivity contribution in [3.8, 4) is 5.75 Å². The normalized spacial score (nSPS) is 11.4. The minimum atomic E-state index is 0.0653. The summed E-state index contributed by atoms with van der Waals surface area (Å²) in [4.78, 5) is 20.2. The van der Waals surface area contributed by atoms with Gasteiger partial charge < -0.3 is 25.3 Å². The van der Waals surface area contributed by atoms with Gasteiger partial charge in [-0.3, -0.25) is 4.79 Å². The summed E-state index contributed by atoms with van der Waals surface area (Å²) in [5.74, 6) is 2.41. The van der Waals surface area contributed by atoms with Crippen molar-refractivity contribution in [3.05, 3.63) is 48.0 Å². The van der Waals surface area contributed by atoms with Crippen LogP contribution >= 0.6 is 0 Å². The largest absolute Gasteiger partial charge is 0.497 e. The highest BCUT2D eigenvalue weighted by Gasteiger charge is 2.20. The number of aryl methyl sites for hydroxylation is 1. The highest BCUT2D eigenvalue weighted by atomic mass is 16.5. The van der Waals surface area contributed by atoms with Crippen molar-refractivity contribution in [2.75, 3.05) is 32.1 Å². The predicted octanol–water partition coefficient (Wildman–Crippen LogP) is 4.89. The summed E-state index contributed by atoms with van der Waals surface area (Å²) >= 11 is 0. The molecule has 2 aromatic carbocycles. The minimum absolute atomic E-state index is 0.0653. The SMILES string of the molecule is COc1ccc(Nc2nc3ccc(C(=O)N(CC(C)C)CC(C)C)cc3n2CCCN)cc1. The molecule has 3 rings (SSSR count). The van der Waals surface area contributed by atoms with Gasteiger partial charge in [-0.1, -0.05) is 27.7 Å². The molecule has 7 nitrogen and oxygen atoms in total. The second-order valence-corrected chi connectivity index (χ2v) is 9.28. The number of carbonyl (C=O) groups excluding carboxylic acids is 1. The Morgan fingerprint density at radius 1 is 1.09 bits per heavy atom. The van der Waals surface area contributed by atoms with Crippen LogP contribution in [-0.4, -0.2) is 47.1 Å². The van der Waals surface area contributed by atoms with Gasteiger partial charge in [0.15, 0.2) is 0 Å². The van der Waals surface area contributed by atoms with E-state index in [-0.39, 0.29) is 5.91 Å². The van der Waals surface area contributed by atoms with E-state index in [9.17, 15) is 4.79 Å². The van der Waals surface area contributed by atoms with Gasteiger partial charge in [-0.2, -0.15) is 0 Å². The van der Waals surface area contributed by atoms with E-state index in [1.165, 1.54) is 0 Å². The smallest absolute Gasteiger partial charge is 0.253 e. The van der Waals surface area contributed by atoms with Gasteiger partial charge in [0.2, 0.25) is 5.95 Å². The molecule has 3 N–H and O–H groups in total. The minimum Gasteiger partial charge on any atom is -0.497 e. The van der Waals surface area contributed by atoms with E-state index in [4.69, 9.17) is 15.5 Å². The van der Waals surface area contributed by atoms with E-state index in [0.717, 1.165) is 47.9 Å². The third kappa shape index (κ3) is 6.26. The topological polar surface area (TPSA) is 85.4 Å². The summed E-state index contributed by atoms with van der Waals surface area (Å²) in [6, 6.07) is 13.5. The van der Waals surface area contributed by atoms with Crippen LogP contribution in [0.15, 0.2) is 42.5 Å². The first-order valence-corrected chi connectivity index (χ1v) is 11.7. The summed E-state index contributed by atoms with van der Waals surface area (Å²) in [6.07, 6.45) is 0.813. The molecule has 0 aliphatic carbocycles. The van der Waals surface area contributed by atoms with E-state index in [1.54, 1.807) is 7.11 Å². The summed E-state index contributed by atoms with van der Waals surface area (Å²) in [6.45, 7) is 11.3. The molecule has 7 heteroatoms. The van der Waals surface area contributed by atoms with E-state index in [1.807, 2.05) is 47.4 Å². The van der Waals surface area contributed by atoms with Crippen LogP contribution in [0.1, 0.15) is 44.5 Å². The number of imidazole rings is 1. The van der Waals surface area contributed by atoms with Crippen LogP contribution in [0.3, 0.4) is 0 Å². The zero-order valence-corrected chi connectivity index (χ0v) is 20.5. The number of ether oxygens (including phenoxy) is 1. The van der Waals surface area contributed by atoms with Gasteiger partial charge in [-0.05, 0) is 67.3 Å². The van der Waals surface area contributed by atoms with Gasteiger partial charge >= 0.3 is 0 Å². The number of aromatic nitrogens is 2. The van der Waals surface area contributed by atoms with E-state index < -0.39 is 0 Å². The van der Waals surface area contributed by atoms with E-state index in [2.05, 4.69) is 37.6 Å². The molecule has 3 aromatic rings. The highest BCUT2D eigenvalue weighted by molar-refractivity contribution is 5.98. The number of nitrogens with zero attached hydrogens (tertiary/aromatic N) is 3. The van der Waals surface area contributed by atoms with Crippen molar-refractivity contribution in [1.29, 1.82) is 0 Å². The quantitative estimate of drug-likeness (QED) is 0.433. The maximum absolute atomic E-state index is 13.4. The van der Waals surface area contributed by atoms with Crippen molar-refractivity contribution >= 4 is 28.6 Å². The monoisotopic (exact) mass is 451 g/mol. The lowest BCUT2D eigenvalue weighted by Gasteiger charge is -2.26. The molecule has 0 unspecified atom stereocenters. The molecule has 0 saturated carbocycles. The lowest BCUT2D eigenvalue weighted by atomic mass is 10.1. The van der Waals surface area contributed by atoms with Crippen molar-refractivity contribution in [2.45, 2.75) is 40.7 Å². The molecule has 0 aliphatic heterocycles. The Bertz CT molecular complexity index is 1050. The lowest BCUT2D eigenvalue weighted by Crippen LogP contribution is -2.37. The molecule has 0 atom stereocenters. The summed E-state index contributed by atoms with van der Waals surface area (Å²) in [5, 5.41) is 3.41. The van der Waals surface area contributed by atoms with Crippen LogP contribution in [0.2, 0.25) is 0 Å². The third-order valence-electron chi connectivity index (χ3n) is 5.39. The first kappa shape index (κ1) is 24.6. The van der Waals surface area contributed by atoms with E-state index >= 15 is 0 Å². The molecule has 1 aromatic heterocycles. The van der Waals surface area contributed by atoms with Crippen LogP contribution in [0.5, 0.6) is 5.75 Å². The number of anilines is 2. The number of fused-ring (bicyclic) bond motifs is 1. The molecule has 0 aliphatic rings. The Kier molecular flexibility index (Phi) is 8.33. The maximum atomic E-state index is 13.4. The second-order valence-electron chi connectivity index (χ2n) is 9.28. The molecular formula is C26H37N5O2. The molecule has 178 valence electrons. The fraction of sp³-hybridized carbons (Fsp3) is 0.462. The number of methoxy groups -OCH3 is 1. The molecule has 33 heavy (non-hydrogen) atoms. The molecule has 0 spiro atoms. The Labute approximate surface area is 196 Å². The average molecular weight is 452 g/mol. The number of amides is 1. The second kappa shape index (κ2) is 11.2. The summed E-state index contributed by atoms with van der Waals surface area (Å²) in [5.41, 5.74) is 9.18. The standard InChI is InChI=1S/C26H37N5O2/c1-18(2)16-30(17-19(3)4)25(32)20-7-12-23-24(15-20)31(14-6-13-27)26(29-23)28-21-8-10-22(33-5)11-9-21/h7-12,15,18-19H,6,13-14,16-17,27H2,1-5H3,(H,28,29). The number of rotatable bonds is 11. The van der Waals surface area contributed by atoms with Crippen molar-refractivity contribution in [2.24, 2.45) is 17.6 Å². The van der Waals surface area contributed by atoms with Crippen LogP contribution in [0.4, 0.5) is 11.6 Å². The van der Waals surface area contributed by atoms with Gasteiger partial charge in [0.05, 0.1) is 18.1 Å². The van der Waals surface area contributed by atoms with Gasteiger partial charge in [0.1, 0.15) is 5.75 Å². The third-order valence-corrected chi connectivity index (χ3v) is 5.39. The summed E-state index contributed by atoms with van der Waals surface area (Å²) in [7, 11) is 1.65. The van der Waals surface area contributed by atoms with Crippen LogP contribution in [-0.2, 0) is 6.54 Å². The molecule has 0 bridgehead atoms. The average Bonchev–Trinajstić information content (AvgIpc) is 3.12. The predicted molar refractivity (Wildman–Crippen MR) is 135 cm³/mol. The molecule has 1 heterocycles. The van der Waals surface area contributed by atoms with Crippen LogP contribution in [0, 0.1) is 11.8 Å². The van der Waals surface area contributed by atoms with E-state index in [0.29, 0.717) is 30.5 Å². The van der Waals surface area contributed by atoms with Gasteiger partial charge in [0, 0.05) is 30.9 Å². The Morgan fingerprint density at radius 2 is 1.76 bits per heavy atom. The zero-order chi connectivity index (χ0) is 24.0. The van der Waals surface area contributed by atoms with Crippen LogP contribution < -0.4 is 15.8 Å². The molecular weight excluding hydrogens is 414 g/mol. The maximum Gasteiger partial charge on any atom is 0.253 e. The fourth-order valence-electron chi connectivity index (χ4n) is 3.93. The number of hydrogen-bond donors (Lipinski definition) is 2. The van der Waals surface area contributed by atoms with Crippen molar-refractivity contribution in [3.63, 3.8) is 0 Å². The Morgan fingerprint density at radius 3 is 2.33 bits per heavy atom. The number of nitrogens with two attached hydrogens (primary N) is 1. The summed E-state index contributed by atoms with van der Waals surface area (Å²) < 4.78 is 7.36. The zero-order valence-electron chi connectivity index (χ0n) is 20.5. The van der Waals surface area contributed by atoms with Crippen molar-refractivity contribution in [1.82, 2.24) is 14.5 Å². The lowest BCUT2D eigenvalue weighted by molar-refractivity contribution is 0.0715. The Balaban J connectivity index is 1.96. The molecule has 0 fully saturated rings. The van der Waals surface area contributed by atoms with Gasteiger partial charge in [-0.15, -0.1) is 0 Å². The molecule has 0 saturated heterocycles. The number of nitrogens with one attached hydrogen (secondary N) is 1. The number of hydrogen-bond acceptors (Lipinski definition) is 5. The Hall–Kier alpha value is -3.06. The molecule has 1 amide bonds. The number of benzene rings is 2. The first-order valence-electron chi connectivity index (χ1n) is 11.7. The number of carbonyl (C=O) groups is 1. The molecule has 0 radical (unpaired) electrons. The first-order chi connectivity index (χ1) is 15.8.